The summed E-state index contributed by atoms with van der Waals surface area (Å²) in [6, 6.07) is 45.2. The molecule has 2 heterocycles. The Bertz CT molecular complexity index is 2100. The zero-order valence-corrected chi connectivity index (χ0v) is 20.7. The molecule has 0 N–H and O–H groups in total. The highest BCUT2D eigenvalue weighted by Gasteiger charge is 2.22. The topological polar surface area (TPSA) is 16.4 Å². The molecule has 174 valence electrons. The Morgan fingerprint density at radius 2 is 1.19 bits per heavy atom. The molecule has 8 aromatic rings. The fourth-order valence-corrected chi connectivity index (χ4v) is 6.91. The van der Waals surface area contributed by atoms with Gasteiger partial charge in [0.15, 0.2) is 0 Å². The van der Waals surface area contributed by atoms with Crippen molar-refractivity contribution < 1.29 is 4.42 Å². The molecule has 0 atom stereocenters. The highest BCUT2D eigenvalue weighted by molar-refractivity contribution is 7.26. The molecule has 0 amide bonds. The van der Waals surface area contributed by atoms with Crippen molar-refractivity contribution in [1.82, 2.24) is 0 Å². The lowest BCUT2D eigenvalue weighted by Crippen LogP contribution is -2.10. The summed E-state index contributed by atoms with van der Waals surface area (Å²) in [6.45, 7) is 0. The lowest BCUT2D eigenvalue weighted by molar-refractivity contribution is 0.669. The second-order valence-electron chi connectivity index (χ2n) is 9.34. The fraction of sp³-hybridized carbons (Fsp3) is 0. The van der Waals surface area contributed by atoms with Gasteiger partial charge in [-0.3, -0.25) is 0 Å². The van der Waals surface area contributed by atoms with Crippen molar-refractivity contribution in [3.05, 3.63) is 127 Å². The van der Waals surface area contributed by atoms with Crippen LogP contribution in [0.15, 0.2) is 132 Å². The van der Waals surface area contributed by atoms with Crippen LogP contribution in [-0.4, -0.2) is 0 Å². The van der Waals surface area contributed by atoms with Crippen LogP contribution in [0.1, 0.15) is 0 Å². The van der Waals surface area contributed by atoms with Crippen LogP contribution in [0.5, 0.6) is 0 Å². The summed E-state index contributed by atoms with van der Waals surface area (Å²) in [5.74, 6) is 0. The Labute approximate surface area is 217 Å². The molecule has 8 rings (SSSR count). The maximum atomic E-state index is 6.29. The molecule has 0 aliphatic rings. The first-order valence-corrected chi connectivity index (χ1v) is 13.3. The highest BCUT2D eigenvalue weighted by atomic mass is 32.1. The minimum atomic E-state index is 0.895. The van der Waals surface area contributed by atoms with Crippen LogP contribution in [0.25, 0.3) is 52.9 Å². The Kier molecular flexibility index (Phi) is 4.42. The zero-order valence-electron chi connectivity index (χ0n) is 19.9. The predicted octanol–water partition coefficient (Wildman–Crippen LogP) is 10.6. The number of hydrogen-bond acceptors (Lipinski definition) is 3. The summed E-state index contributed by atoms with van der Waals surface area (Å²) in [7, 11) is 0. The van der Waals surface area contributed by atoms with Gasteiger partial charge in [0.1, 0.15) is 11.2 Å². The first-order chi connectivity index (χ1) is 18.4. The number of para-hydroxylation sites is 2. The molecular formula is C34H21NOS. The summed E-state index contributed by atoms with van der Waals surface area (Å²) in [4.78, 5) is 2.40. The monoisotopic (exact) mass is 491 g/mol. The van der Waals surface area contributed by atoms with E-state index in [9.17, 15) is 0 Å². The molecule has 0 radical (unpaired) electrons. The van der Waals surface area contributed by atoms with Gasteiger partial charge < -0.3 is 9.32 Å². The Hall–Kier alpha value is -4.60. The average molecular weight is 492 g/mol. The number of fused-ring (bicyclic) bond motifs is 8. The largest absolute Gasteiger partial charge is 0.456 e. The summed E-state index contributed by atoms with van der Waals surface area (Å²) in [6.07, 6.45) is 0. The maximum absolute atomic E-state index is 6.29. The van der Waals surface area contributed by atoms with E-state index < -0.39 is 0 Å². The zero-order chi connectivity index (χ0) is 24.3. The van der Waals surface area contributed by atoms with E-state index >= 15 is 0 Å². The molecule has 0 saturated carbocycles. The van der Waals surface area contributed by atoms with Gasteiger partial charge in [-0.25, -0.2) is 0 Å². The van der Waals surface area contributed by atoms with Crippen LogP contribution in [-0.2, 0) is 0 Å². The number of anilines is 3. The molecule has 2 nitrogen and oxygen atoms in total. The second kappa shape index (κ2) is 7.95. The molecule has 2 aromatic heterocycles. The summed E-state index contributed by atoms with van der Waals surface area (Å²) < 4.78 is 8.92. The van der Waals surface area contributed by atoms with E-state index in [-0.39, 0.29) is 0 Å². The number of rotatable bonds is 3. The Balaban J connectivity index is 1.53. The molecule has 6 aromatic carbocycles. The minimum absolute atomic E-state index is 0.895. The second-order valence-corrected chi connectivity index (χ2v) is 10.4. The van der Waals surface area contributed by atoms with Gasteiger partial charge in [-0.1, -0.05) is 84.9 Å². The van der Waals surface area contributed by atoms with Gasteiger partial charge in [-0.05, 0) is 47.9 Å². The molecular weight excluding hydrogens is 470 g/mol. The van der Waals surface area contributed by atoms with Gasteiger partial charge in [0.2, 0.25) is 0 Å². The predicted molar refractivity (Wildman–Crippen MR) is 159 cm³/mol. The van der Waals surface area contributed by atoms with Crippen LogP contribution in [0.4, 0.5) is 17.1 Å². The standard InChI is InChI=1S/C34H21NOS/c1-2-11-23(12-3-1)35(28-16-9-18-30-33(28)26-14-4-6-17-29(26)36-30)27-15-8-10-22-20-21-25-24-13-5-7-19-31(24)37-34(25)32(22)27/h1-21H. The number of benzene rings is 6. The molecule has 0 aliphatic carbocycles. The third-order valence-corrected chi connectivity index (χ3v) is 8.45. The number of hydrogen-bond donors (Lipinski definition) is 0. The molecule has 0 bridgehead atoms. The van der Waals surface area contributed by atoms with Crippen molar-refractivity contribution in [2.24, 2.45) is 0 Å². The van der Waals surface area contributed by atoms with E-state index in [2.05, 4.69) is 120 Å². The van der Waals surface area contributed by atoms with Gasteiger partial charge in [0, 0.05) is 36.6 Å². The molecule has 0 saturated heterocycles. The van der Waals surface area contributed by atoms with E-state index in [0.717, 1.165) is 33.3 Å². The van der Waals surface area contributed by atoms with Gasteiger partial charge >= 0.3 is 0 Å². The van der Waals surface area contributed by atoms with Crippen molar-refractivity contribution in [1.29, 1.82) is 0 Å². The van der Waals surface area contributed by atoms with Crippen molar-refractivity contribution in [3.8, 4) is 0 Å². The number of thiophene rings is 1. The van der Waals surface area contributed by atoms with Crippen LogP contribution in [0.3, 0.4) is 0 Å². The number of furan rings is 1. The Morgan fingerprint density at radius 1 is 0.486 bits per heavy atom. The molecule has 0 spiro atoms. The smallest absolute Gasteiger partial charge is 0.137 e. The van der Waals surface area contributed by atoms with Crippen LogP contribution < -0.4 is 4.90 Å². The van der Waals surface area contributed by atoms with E-state index in [1.807, 2.05) is 23.5 Å². The Morgan fingerprint density at radius 3 is 2.08 bits per heavy atom. The lowest BCUT2D eigenvalue weighted by atomic mass is 10.0. The van der Waals surface area contributed by atoms with E-state index in [4.69, 9.17) is 4.42 Å². The van der Waals surface area contributed by atoms with Crippen LogP contribution in [0.2, 0.25) is 0 Å². The van der Waals surface area contributed by atoms with Crippen molar-refractivity contribution in [2.45, 2.75) is 0 Å². The molecule has 0 fully saturated rings. The summed E-state index contributed by atoms with van der Waals surface area (Å²) in [5, 5.41) is 7.38. The van der Waals surface area contributed by atoms with Gasteiger partial charge in [0.05, 0.1) is 16.8 Å². The molecule has 0 unspecified atom stereocenters. The molecule has 3 heteroatoms. The first kappa shape index (κ1) is 20.6. The average Bonchev–Trinajstić information content (AvgIpc) is 3.53. The van der Waals surface area contributed by atoms with E-state index in [0.29, 0.717) is 0 Å². The normalized spacial score (nSPS) is 11.8. The van der Waals surface area contributed by atoms with Crippen LogP contribution in [0, 0.1) is 0 Å². The highest BCUT2D eigenvalue weighted by Crippen LogP contribution is 2.48. The van der Waals surface area contributed by atoms with E-state index in [1.54, 1.807) is 0 Å². The quantitative estimate of drug-likeness (QED) is 0.244. The fourth-order valence-electron chi connectivity index (χ4n) is 5.65. The first-order valence-electron chi connectivity index (χ1n) is 12.5. The SMILES string of the molecule is c1ccc(N(c2cccc3oc4ccccc4c23)c2cccc3ccc4c5ccccc5sc4c23)cc1. The van der Waals surface area contributed by atoms with Crippen molar-refractivity contribution in [2.75, 3.05) is 4.90 Å². The summed E-state index contributed by atoms with van der Waals surface area (Å²) >= 11 is 1.88. The van der Waals surface area contributed by atoms with E-state index in [1.165, 1.54) is 36.6 Å². The van der Waals surface area contributed by atoms with Gasteiger partial charge in [0.25, 0.3) is 0 Å². The summed E-state index contributed by atoms with van der Waals surface area (Å²) in [5.41, 5.74) is 5.19. The van der Waals surface area contributed by atoms with Gasteiger partial charge in [-0.2, -0.15) is 0 Å². The third-order valence-electron chi connectivity index (χ3n) is 7.24. The van der Waals surface area contributed by atoms with Crippen LogP contribution >= 0.6 is 11.3 Å². The molecule has 37 heavy (non-hydrogen) atoms. The van der Waals surface area contributed by atoms with Crippen molar-refractivity contribution in [3.63, 3.8) is 0 Å². The number of nitrogens with zero attached hydrogens (tertiary/aromatic N) is 1. The van der Waals surface area contributed by atoms with Gasteiger partial charge in [-0.15, -0.1) is 11.3 Å². The lowest BCUT2D eigenvalue weighted by Gasteiger charge is -2.27. The minimum Gasteiger partial charge on any atom is -0.456 e. The van der Waals surface area contributed by atoms with Crippen molar-refractivity contribution >= 4 is 81.3 Å². The molecule has 0 aliphatic heterocycles. The maximum Gasteiger partial charge on any atom is 0.137 e. The third kappa shape index (κ3) is 3.05.